The lowest BCUT2D eigenvalue weighted by atomic mass is 10.1. The van der Waals surface area contributed by atoms with E-state index in [1.165, 1.54) is 0 Å². The zero-order chi connectivity index (χ0) is 10.7. The van der Waals surface area contributed by atoms with E-state index in [-0.39, 0.29) is 12.0 Å². The van der Waals surface area contributed by atoms with Crippen molar-refractivity contribution < 1.29 is 13.5 Å². The second-order valence-electron chi connectivity index (χ2n) is 3.53. The van der Waals surface area contributed by atoms with E-state index in [4.69, 9.17) is 4.74 Å². The van der Waals surface area contributed by atoms with E-state index in [1.54, 1.807) is 0 Å². The SMILES string of the molecule is Fc1cnc(O[C@H]2CCCNC2)c(F)c1. The predicted molar refractivity (Wildman–Crippen MR) is 50.7 cm³/mol. The third-order valence-corrected chi connectivity index (χ3v) is 2.30. The van der Waals surface area contributed by atoms with Crippen LogP contribution in [0, 0.1) is 11.6 Å². The molecule has 2 rings (SSSR count). The van der Waals surface area contributed by atoms with E-state index < -0.39 is 11.6 Å². The maximum Gasteiger partial charge on any atom is 0.250 e. The summed E-state index contributed by atoms with van der Waals surface area (Å²) in [6, 6.07) is 0.776. The molecule has 0 unspecified atom stereocenters. The van der Waals surface area contributed by atoms with E-state index in [0.29, 0.717) is 6.54 Å². The summed E-state index contributed by atoms with van der Waals surface area (Å²) < 4.78 is 31.0. The zero-order valence-corrected chi connectivity index (χ0v) is 8.17. The lowest BCUT2D eigenvalue weighted by Gasteiger charge is -2.23. The van der Waals surface area contributed by atoms with Crippen molar-refractivity contribution in [3.8, 4) is 5.88 Å². The summed E-state index contributed by atoms with van der Waals surface area (Å²) in [6.45, 7) is 1.64. The number of hydrogen-bond donors (Lipinski definition) is 1. The molecule has 0 aromatic carbocycles. The number of nitrogens with zero attached hydrogens (tertiary/aromatic N) is 1. The molecule has 0 bridgehead atoms. The van der Waals surface area contributed by atoms with Gasteiger partial charge in [-0.3, -0.25) is 0 Å². The first-order valence-corrected chi connectivity index (χ1v) is 4.94. The highest BCUT2D eigenvalue weighted by Crippen LogP contribution is 2.17. The van der Waals surface area contributed by atoms with Gasteiger partial charge in [0.05, 0.1) is 6.20 Å². The van der Waals surface area contributed by atoms with Crippen LogP contribution in [-0.4, -0.2) is 24.2 Å². The molecular weight excluding hydrogens is 202 g/mol. The molecule has 0 saturated carbocycles. The Morgan fingerprint density at radius 3 is 3.00 bits per heavy atom. The van der Waals surface area contributed by atoms with Gasteiger partial charge in [0.25, 0.3) is 5.88 Å². The molecule has 1 atom stereocenters. The molecule has 0 amide bonds. The van der Waals surface area contributed by atoms with Crippen LogP contribution in [0.5, 0.6) is 5.88 Å². The molecule has 1 aliphatic heterocycles. The van der Waals surface area contributed by atoms with Gasteiger partial charge < -0.3 is 10.1 Å². The second kappa shape index (κ2) is 4.53. The van der Waals surface area contributed by atoms with Gasteiger partial charge >= 0.3 is 0 Å². The highest BCUT2D eigenvalue weighted by Gasteiger charge is 2.17. The monoisotopic (exact) mass is 214 g/mol. The summed E-state index contributed by atoms with van der Waals surface area (Å²) in [4.78, 5) is 3.57. The molecule has 2 heterocycles. The first kappa shape index (κ1) is 10.3. The van der Waals surface area contributed by atoms with E-state index in [2.05, 4.69) is 10.3 Å². The Labute approximate surface area is 86.5 Å². The molecular formula is C10H12F2N2O. The first-order chi connectivity index (χ1) is 7.25. The summed E-state index contributed by atoms with van der Waals surface area (Å²) in [5, 5.41) is 3.14. The number of hydrogen-bond acceptors (Lipinski definition) is 3. The molecule has 1 aromatic heterocycles. The number of aromatic nitrogens is 1. The van der Waals surface area contributed by atoms with E-state index in [1.807, 2.05) is 0 Å². The highest BCUT2D eigenvalue weighted by atomic mass is 19.1. The first-order valence-electron chi connectivity index (χ1n) is 4.94. The Morgan fingerprint density at radius 1 is 1.47 bits per heavy atom. The number of halogens is 2. The van der Waals surface area contributed by atoms with Gasteiger partial charge in [-0.05, 0) is 19.4 Å². The van der Waals surface area contributed by atoms with E-state index >= 15 is 0 Å². The summed E-state index contributed by atoms with van der Waals surface area (Å²) in [5.74, 6) is -1.56. The third kappa shape index (κ3) is 2.62. The van der Waals surface area contributed by atoms with Crippen molar-refractivity contribution in [2.45, 2.75) is 18.9 Å². The lowest BCUT2D eigenvalue weighted by molar-refractivity contribution is 0.153. The minimum absolute atomic E-state index is 0.0776. The number of pyridine rings is 1. The van der Waals surface area contributed by atoms with Gasteiger partial charge in [0.15, 0.2) is 5.82 Å². The van der Waals surface area contributed by atoms with Crippen LogP contribution >= 0.6 is 0 Å². The number of piperidine rings is 1. The minimum atomic E-state index is -0.749. The summed E-state index contributed by atoms with van der Waals surface area (Å²) in [6.07, 6.45) is 2.74. The van der Waals surface area contributed by atoms with Crippen LogP contribution in [0.3, 0.4) is 0 Å². The van der Waals surface area contributed by atoms with Crippen LogP contribution in [0.4, 0.5) is 8.78 Å². The standard InChI is InChI=1S/C10H12F2N2O/c11-7-4-9(12)10(14-5-7)15-8-2-1-3-13-6-8/h4-5,8,13H,1-3,6H2/t8-/m0/s1. The fourth-order valence-corrected chi connectivity index (χ4v) is 1.57. The fraction of sp³-hybridized carbons (Fsp3) is 0.500. The molecule has 1 aromatic rings. The largest absolute Gasteiger partial charge is 0.471 e. The van der Waals surface area contributed by atoms with Crippen LogP contribution in [0.1, 0.15) is 12.8 Å². The lowest BCUT2D eigenvalue weighted by Crippen LogP contribution is -2.37. The van der Waals surface area contributed by atoms with Crippen LogP contribution in [0.25, 0.3) is 0 Å². The Hall–Kier alpha value is -1.23. The van der Waals surface area contributed by atoms with Gasteiger partial charge in [0.1, 0.15) is 11.9 Å². The van der Waals surface area contributed by atoms with Crippen molar-refractivity contribution in [1.82, 2.24) is 10.3 Å². The summed E-state index contributed by atoms with van der Waals surface area (Å²) >= 11 is 0. The van der Waals surface area contributed by atoms with Crippen LogP contribution in [0.2, 0.25) is 0 Å². The summed E-state index contributed by atoms with van der Waals surface area (Å²) in [7, 11) is 0. The van der Waals surface area contributed by atoms with Gasteiger partial charge in [-0.1, -0.05) is 0 Å². The third-order valence-electron chi connectivity index (χ3n) is 2.30. The van der Waals surface area contributed by atoms with Crippen molar-refractivity contribution in [3.63, 3.8) is 0 Å². The Bertz CT molecular complexity index is 340. The molecule has 1 aliphatic rings. The maximum absolute atomic E-state index is 13.2. The Balaban J connectivity index is 2.03. The summed E-state index contributed by atoms with van der Waals surface area (Å²) in [5.41, 5.74) is 0. The Morgan fingerprint density at radius 2 is 2.33 bits per heavy atom. The molecule has 1 N–H and O–H groups in total. The highest BCUT2D eigenvalue weighted by molar-refractivity contribution is 5.14. The van der Waals surface area contributed by atoms with Crippen molar-refractivity contribution in [2.75, 3.05) is 13.1 Å². The fourth-order valence-electron chi connectivity index (χ4n) is 1.57. The van der Waals surface area contributed by atoms with Gasteiger partial charge in [0, 0.05) is 12.6 Å². The molecule has 82 valence electrons. The number of ether oxygens (including phenoxy) is 1. The minimum Gasteiger partial charge on any atom is -0.471 e. The topological polar surface area (TPSA) is 34.1 Å². The molecule has 5 heteroatoms. The second-order valence-corrected chi connectivity index (χ2v) is 3.53. The molecule has 1 saturated heterocycles. The average Bonchev–Trinajstić information content (AvgIpc) is 2.24. The maximum atomic E-state index is 13.2. The smallest absolute Gasteiger partial charge is 0.250 e. The average molecular weight is 214 g/mol. The molecule has 1 fully saturated rings. The van der Waals surface area contributed by atoms with Gasteiger partial charge in [-0.25, -0.2) is 13.8 Å². The van der Waals surface area contributed by atoms with E-state index in [0.717, 1.165) is 31.6 Å². The van der Waals surface area contributed by atoms with Crippen molar-refractivity contribution in [1.29, 1.82) is 0 Å². The molecule has 0 radical (unpaired) electrons. The van der Waals surface area contributed by atoms with Gasteiger partial charge in [-0.15, -0.1) is 0 Å². The van der Waals surface area contributed by atoms with Crippen LogP contribution < -0.4 is 10.1 Å². The van der Waals surface area contributed by atoms with Gasteiger partial charge in [0.2, 0.25) is 0 Å². The normalized spacial score (nSPS) is 21.3. The Kier molecular flexibility index (Phi) is 3.11. The number of nitrogens with one attached hydrogen (secondary N) is 1. The molecule has 0 aliphatic carbocycles. The number of rotatable bonds is 2. The van der Waals surface area contributed by atoms with Crippen LogP contribution in [0.15, 0.2) is 12.3 Å². The predicted octanol–water partition coefficient (Wildman–Crippen LogP) is 1.49. The van der Waals surface area contributed by atoms with Crippen LogP contribution in [-0.2, 0) is 0 Å². The van der Waals surface area contributed by atoms with Crippen molar-refractivity contribution >= 4 is 0 Å². The zero-order valence-electron chi connectivity index (χ0n) is 8.17. The van der Waals surface area contributed by atoms with Crippen molar-refractivity contribution in [2.24, 2.45) is 0 Å². The molecule has 3 nitrogen and oxygen atoms in total. The molecule has 15 heavy (non-hydrogen) atoms. The molecule has 0 spiro atoms. The quantitative estimate of drug-likeness (QED) is 0.809. The van der Waals surface area contributed by atoms with E-state index in [9.17, 15) is 8.78 Å². The van der Waals surface area contributed by atoms with Crippen molar-refractivity contribution in [3.05, 3.63) is 23.9 Å². The van der Waals surface area contributed by atoms with Gasteiger partial charge in [-0.2, -0.15) is 0 Å².